The minimum atomic E-state index is -0.501. The average Bonchev–Trinajstić information content (AvgIpc) is 2.34. The van der Waals surface area contributed by atoms with Crippen LogP contribution in [0, 0.1) is 11.6 Å². The van der Waals surface area contributed by atoms with Crippen LogP contribution in [-0.2, 0) is 0 Å². The van der Waals surface area contributed by atoms with Gasteiger partial charge in [0.25, 0.3) is 0 Å². The Morgan fingerprint density at radius 2 is 2.00 bits per heavy atom. The van der Waals surface area contributed by atoms with Gasteiger partial charge in [-0.3, -0.25) is 0 Å². The van der Waals surface area contributed by atoms with Gasteiger partial charge in [0.05, 0.1) is 0 Å². The van der Waals surface area contributed by atoms with E-state index in [9.17, 15) is 8.78 Å². The highest BCUT2D eigenvalue weighted by Gasteiger charge is 2.20. The fourth-order valence-corrected chi connectivity index (χ4v) is 2.42. The molecule has 1 unspecified atom stereocenters. The first-order chi connectivity index (χ1) is 9.10. The quantitative estimate of drug-likeness (QED) is 0.514. The van der Waals surface area contributed by atoms with E-state index in [1.165, 1.54) is 12.1 Å². The monoisotopic (exact) mass is 331 g/mol. The van der Waals surface area contributed by atoms with Crippen molar-refractivity contribution in [2.24, 2.45) is 0 Å². The number of hydrogen-bond acceptors (Lipinski definition) is 1. The molecule has 0 saturated carbocycles. The second-order valence-electron chi connectivity index (χ2n) is 4.51. The van der Waals surface area contributed by atoms with Crippen molar-refractivity contribution in [2.45, 2.75) is 38.6 Å². The van der Waals surface area contributed by atoms with Crippen LogP contribution in [0.3, 0.4) is 0 Å². The molecule has 0 amide bonds. The first kappa shape index (κ1) is 16.3. The van der Waals surface area contributed by atoms with Crippen molar-refractivity contribution in [3.05, 3.63) is 46.5 Å². The summed E-state index contributed by atoms with van der Waals surface area (Å²) >= 11 is 3.10. The van der Waals surface area contributed by atoms with Gasteiger partial charge in [0.2, 0.25) is 0 Å². The molecule has 1 aromatic rings. The Hall–Kier alpha value is -0.740. The highest BCUT2D eigenvalue weighted by Crippen LogP contribution is 2.28. The van der Waals surface area contributed by atoms with Crippen LogP contribution in [-0.4, -0.2) is 6.54 Å². The van der Waals surface area contributed by atoms with Gasteiger partial charge in [-0.05, 0) is 44.4 Å². The van der Waals surface area contributed by atoms with Crippen LogP contribution < -0.4 is 5.32 Å². The molecule has 1 aromatic carbocycles. The Balaban J connectivity index is 2.92. The van der Waals surface area contributed by atoms with Crippen LogP contribution in [0.1, 0.15) is 44.2 Å². The number of allylic oxidation sites excluding steroid dienone is 1. The van der Waals surface area contributed by atoms with E-state index in [1.807, 2.05) is 13.0 Å². The van der Waals surface area contributed by atoms with Crippen LogP contribution in [0.25, 0.3) is 0 Å². The average molecular weight is 332 g/mol. The summed E-state index contributed by atoms with van der Waals surface area (Å²) < 4.78 is 28.4. The highest BCUT2D eigenvalue weighted by molar-refractivity contribution is 9.10. The zero-order valence-corrected chi connectivity index (χ0v) is 12.8. The van der Waals surface area contributed by atoms with E-state index in [1.54, 1.807) is 0 Å². The van der Waals surface area contributed by atoms with E-state index >= 15 is 0 Å². The van der Waals surface area contributed by atoms with Crippen LogP contribution in [0.2, 0.25) is 0 Å². The molecule has 0 heterocycles. The number of halogens is 3. The Labute approximate surface area is 122 Å². The molecule has 0 radical (unpaired) electrons. The topological polar surface area (TPSA) is 12.0 Å². The van der Waals surface area contributed by atoms with Gasteiger partial charge in [0.1, 0.15) is 11.6 Å². The predicted molar refractivity (Wildman–Crippen MR) is 79.1 cm³/mol. The van der Waals surface area contributed by atoms with Gasteiger partial charge >= 0.3 is 0 Å². The van der Waals surface area contributed by atoms with Crippen molar-refractivity contribution in [1.82, 2.24) is 5.32 Å². The largest absolute Gasteiger partial charge is 0.310 e. The maximum atomic E-state index is 14.0. The second kappa shape index (κ2) is 8.43. The molecule has 0 fully saturated rings. The van der Waals surface area contributed by atoms with Crippen molar-refractivity contribution in [3.63, 3.8) is 0 Å². The third-order valence-electron chi connectivity index (χ3n) is 2.93. The van der Waals surface area contributed by atoms with Gasteiger partial charge in [-0.2, -0.15) is 0 Å². The third-order valence-corrected chi connectivity index (χ3v) is 3.39. The minimum Gasteiger partial charge on any atom is -0.310 e. The van der Waals surface area contributed by atoms with Gasteiger partial charge < -0.3 is 5.32 Å². The summed E-state index contributed by atoms with van der Waals surface area (Å²) in [5.41, 5.74) is 0.140. The lowest BCUT2D eigenvalue weighted by Gasteiger charge is -2.20. The molecule has 0 aliphatic heterocycles. The van der Waals surface area contributed by atoms with Gasteiger partial charge in [0.15, 0.2) is 0 Å². The van der Waals surface area contributed by atoms with E-state index in [-0.39, 0.29) is 11.6 Å². The molecule has 1 N–H and O–H groups in total. The van der Waals surface area contributed by atoms with Crippen molar-refractivity contribution < 1.29 is 8.78 Å². The van der Waals surface area contributed by atoms with Crippen LogP contribution >= 0.6 is 15.9 Å². The molecule has 0 bridgehead atoms. The Morgan fingerprint density at radius 3 is 2.53 bits per heavy atom. The van der Waals surface area contributed by atoms with E-state index < -0.39 is 11.6 Å². The smallest absolute Gasteiger partial charge is 0.132 e. The van der Waals surface area contributed by atoms with Crippen LogP contribution in [0.4, 0.5) is 8.78 Å². The van der Waals surface area contributed by atoms with Gasteiger partial charge in [-0.15, -0.1) is 6.58 Å². The summed E-state index contributed by atoms with van der Waals surface area (Å²) in [5.74, 6) is -1.00. The number of nitrogens with one attached hydrogen (secondary N) is 1. The fraction of sp³-hybridized carbons (Fsp3) is 0.467. The number of hydrogen-bond donors (Lipinski definition) is 1. The molecule has 1 nitrogen and oxygen atoms in total. The van der Waals surface area contributed by atoms with Crippen molar-refractivity contribution in [3.8, 4) is 0 Å². The molecule has 0 aliphatic carbocycles. The summed E-state index contributed by atoms with van der Waals surface area (Å²) in [6, 6.07) is 2.34. The number of unbranched alkanes of at least 4 members (excludes halogenated alkanes) is 1. The minimum absolute atomic E-state index is 0.140. The Bertz CT molecular complexity index is 398. The lowest BCUT2D eigenvalue weighted by atomic mass is 9.99. The first-order valence-corrected chi connectivity index (χ1v) is 7.38. The molecular formula is C15H20BrF2N. The molecule has 4 heteroatoms. The SMILES string of the molecule is C=CCCCC(NCCC)c1c(F)cc(Br)cc1F. The lowest BCUT2D eigenvalue weighted by Crippen LogP contribution is -2.24. The zero-order valence-electron chi connectivity index (χ0n) is 11.2. The summed E-state index contributed by atoms with van der Waals surface area (Å²) in [4.78, 5) is 0. The van der Waals surface area contributed by atoms with E-state index in [2.05, 4.69) is 27.8 Å². The highest BCUT2D eigenvalue weighted by atomic mass is 79.9. The summed E-state index contributed by atoms with van der Waals surface area (Å²) in [6.07, 6.45) is 5.16. The summed E-state index contributed by atoms with van der Waals surface area (Å²) in [5, 5.41) is 3.22. The molecule has 106 valence electrons. The van der Waals surface area contributed by atoms with E-state index in [4.69, 9.17) is 0 Å². The van der Waals surface area contributed by atoms with Gasteiger partial charge in [-0.1, -0.05) is 28.9 Å². The van der Waals surface area contributed by atoms with Gasteiger partial charge in [-0.25, -0.2) is 8.78 Å². The molecule has 0 aromatic heterocycles. The summed E-state index contributed by atoms with van der Waals surface area (Å²) in [6.45, 7) is 6.44. The molecule has 0 saturated heterocycles. The number of rotatable bonds is 8. The Morgan fingerprint density at radius 1 is 1.37 bits per heavy atom. The first-order valence-electron chi connectivity index (χ1n) is 6.58. The maximum Gasteiger partial charge on any atom is 0.132 e. The van der Waals surface area contributed by atoms with Crippen molar-refractivity contribution in [2.75, 3.05) is 6.54 Å². The fourth-order valence-electron chi connectivity index (χ4n) is 2.02. The molecule has 0 aliphatic rings. The molecular weight excluding hydrogens is 312 g/mol. The molecule has 1 rings (SSSR count). The Kier molecular flexibility index (Phi) is 7.24. The van der Waals surface area contributed by atoms with Crippen LogP contribution in [0.5, 0.6) is 0 Å². The van der Waals surface area contributed by atoms with Gasteiger partial charge in [0, 0.05) is 16.1 Å². The zero-order chi connectivity index (χ0) is 14.3. The van der Waals surface area contributed by atoms with E-state index in [0.717, 1.165) is 25.8 Å². The van der Waals surface area contributed by atoms with Crippen LogP contribution in [0.15, 0.2) is 29.3 Å². The normalized spacial score (nSPS) is 12.4. The van der Waals surface area contributed by atoms with Crippen molar-refractivity contribution in [1.29, 1.82) is 0 Å². The third kappa shape index (κ3) is 5.03. The second-order valence-corrected chi connectivity index (χ2v) is 5.43. The molecule has 0 spiro atoms. The van der Waals surface area contributed by atoms with Crippen molar-refractivity contribution >= 4 is 15.9 Å². The van der Waals surface area contributed by atoms with E-state index in [0.29, 0.717) is 10.9 Å². The lowest BCUT2D eigenvalue weighted by molar-refractivity contribution is 0.438. The summed E-state index contributed by atoms with van der Waals surface area (Å²) in [7, 11) is 0. The predicted octanol–water partition coefficient (Wildman–Crippen LogP) is 5.12. The molecule has 19 heavy (non-hydrogen) atoms. The molecule has 1 atom stereocenters. The standard InChI is InChI=1S/C15H20BrF2N/c1-3-5-6-7-14(19-8-4-2)15-12(17)9-11(16)10-13(15)18/h3,9-10,14,19H,1,4-8H2,2H3. The maximum absolute atomic E-state index is 14.0. The number of benzene rings is 1.